The van der Waals surface area contributed by atoms with Gasteiger partial charge in [-0.2, -0.15) is 0 Å². The van der Waals surface area contributed by atoms with E-state index in [1.54, 1.807) is 35.5 Å². The lowest BCUT2D eigenvalue weighted by Crippen LogP contribution is -2.27. The molecule has 8 heteroatoms. The lowest BCUT2D eigenvalue weighted by atomic mass is 10.1. The standard InChI is InChI=1S/C24H25N5O2S/c1-3-13-26-23(22(25)17-12-14-29(15-17)16(2)30)31-19-10-8-18(9-11-19)27-24-28-20-6-4-5-7-21(20)32-24/h3-11,13,17H,1,12,14-15,25H2,2H3,(H,27,28)/b23-22+,26-13-/t17-/m0/s1. The summed E-state index contributed by atoms with van der Waals surface area (Å²) in [6.07, 6.45) is 3.90. The number of likely N-dealkylation sites (tertiary alicyclic amines) is 1. The number of thiazole rings is 1. The smallest absolute Gasteiger partial charge is 0.238 e. The van der Waals surface area contributed by atoms with Crippen molar-refractivity contribution in [1.29, 1.82) is 0 Å². The molecule has 0 saturated carbocycles. The molecule has 0 aliphatic carbocycles. The zero-order valence-electron chi connectivity index (χ0n) is 17.8. The highest BCUT2D eigenvalue weighted by Crippen LogP contribution is 2.30. The van der Waals surface area contributed by atoms with Crippen molar-refractivity contribution in [3.05, 3.63) is 72.8 Å². The number of fused-ring (bicyclic) bond motifs is 1. The molecule has 1 saturated heterocycles. The summed E-state index contributed by atoms with van der Waals surface area (Å²) in [5.74, 6) is 0.997. The van der Waals surface area contributed by atoms with Gasteiger partial charge in [-0.15, -0.1) is 0 Å². The van der Waals surface area contributed by atoms with Crippen LogP contribution in [0.15, 0.2) is 77.8 Å². The summed E-state index contributed by atoms with van der Waals surface area (Å²) in [6.45, 7) is 6.49. The van der Waals surface area contributed by atoms with Crippen LogP contribution in [0.1, 0.15) is 13.3 Å². The second-order valence-corrected chi connectivity index (χ2v) is 8.49. The molecule has 0 radical (unpaired) electrons. The molecule has 1 aliphatic rings. The van der Waals surface area contributed by atoms with Crippen molar-refractivity contribution < 1.29 is 9.53 Å². The Morgan fingerprint density at radius 3 is 2.78 bits per heavy atom. The number of anilines is 2. The third-order valence-electron chi connectivity index (χ3n) is 5.23. The fourth-order valence-electron chi connectivity index (χ4n) is 3.52. The number of hydrogen-bond donors (Lipinski definition) is 2. The van der Waals surface area contributed by atoms with E-state index in [0.717, 1.165) is 27.5 Å². The number of allylic oxidation sites excluding steroid dienone is 1. The van der Waals surface area contributed by atoms with Crippen LogP contribution in [0.4, 0.5) is 10.8 Å². The molecular weight excluding hydrogens is 422 g/mol. The van der Waals surface area contributed by atoms with E-state index >= 15 is 0 Å². The zero-order valence-corrected chi connectivity index (χ0v) is 18.6. The highest BCUT2D eigenvalue weighted by atomic mass is 32.1. The second kappa shape index (κ2) is 9.65. The highest BCUT2D eigenvalue weighted by Gasteiger charge is 2.28. The number of aliphatic imine (C=N–C) groups is 1. The predicted octanol–water partition coefficient (Wildman–Crippen LogP) is 4.67. The number of nitrogens with zero attached hydrogens (tertiary/aromatic N) is 3. The van der Waals surface area contributed by atoms with Crippen molar-refractivity contribution >= 4 is 44.5 Å². The van der Waals surface area contributed by atoms with Crippen LogP contribution in [0.3, 0.4) is 0 Å². The van der Waals surface area contributed by atoms with Gasteiger partial charge in [-0.05, 0) is 42.8 Å². The van der Waals surface area contributed by atoms with E-state index in [4.69, 9.17) is 10.5 Å². The van der Waals surface area contributed by atoms with Gasteiger partial charge in [-0.3, -0.25) is 4.79 Å². The number of ether oxygens (including phenoxy) is 1. The summed E-state index contributed by atoms with van der Waals surface area (Å²) in [7, 11) is 0. The maximum absolute atomic E-state index is 11.6. The average Bonchev–Trinajstić information content (AvgIpc) is 3.44. The van der Waals surface area contributed by atoms with Gasteiger partial charge in [-0.25, -0.2) is 9.98 Å². The van der Waals surface area contributed by atoms with Crippen LogP contribution in [-0.2, 0) is 4.79 Å². The Bertz CT molecular complexity index is 1150. The summed E-state index contributed by atoms with van der Waals surface area (Å²) in [4.78, 5) is 22.4. The Kier molecular flexibility index (Phi) is 6.51. The number of nitrogens with one attached hydrogen (secondary N) is 1. The van der Waals surface area contributed by atoms with Crippen molar-refractivity contribution in [2.45, 2.75) is 13.3 Å². The number of carbonyl (C=O) groups excluding carboxylic acids is 1. The van der Waals surface area contributed by atoms with Crippen LogP contribution >= 0.6 is 11.3 Å². The topological polar surface area (TPSA) is 92.8 Å². The lowest BCUT2D eigenvalue weighted by Gasteiger charge is -2.16. The van der Waals surface area contributed by atoms with Crippen LogP contribution in [0, 0.1) is 5.92 Å². The van der Waals surface area contributed by atoms with Gasteiger partial charge in [0.2, 0.25) is 11.8 Å². The molecule has 3 aromatic rings. The van der Waals surface area contributed by atoms with Crippen molar-refractivity contribution in [3.8, 4) is 5.75 Å². The fourth-order valence-corrected chi connectivity index (χ4v) is 4.41. The van der Waals surface area contributed by atoms with E-state index in [0.29, 0.717) is 30.4 Å². The third-order valence-corrected chi connectivity index (χ3v) is 6.18. The Morgan fingerprint density at radius 1 is 1.31 bits per heavy atom. The molecular formula is C24H25N5O2S. The van der Waals surface area contributed by atoms with Crippen LogP contribution in [0.5, 0.6) is 5.75 Å². The van der Waals surface area contributed by atoms with E-state index < -0.39 is 0 Å². The Balaban J connectivity index is 1.48. The maximum Gasteiger partial charge on any atom is 0.238 e. The normalized spacial score (nSPS) is 16.9. The van der Waals surface area contributed by atoms with Gasteiger partial charge in [0.15, 0.2) is 5.13 Å². The van der Waals surface area contributed by atoms with Crippen molar-refractivity contribution in [1.82, 2.24) is 9.88 Å². The minimum absolute atomic E-state index is 0.0100. The number of aromatic nitrogens is 1. The number of nitrogens with two attached hydrogens (primary N) is 1. The quantitative estimate of drug-likeness (QED) is 0.405. The molecule has 0 unspecified atom stereocenters. The molecule has 32 heavy (non-hydrogen) atoms. The minimum atomic E-state index is 0.0100. The molecule has 0 bridgehead atoms. The molecule has 1 atom stereocenters. The minimum Gasteiger partial charge on any atom is -0.437 e. The second-order valence-electron chi connectivity index (χ2n) is 7.46. The zero-order chi connectivity index (χ0) is 22.5. The largest absolute Gasteiger partial charge is 0.437 e. The molecule has 1 aliphatic heterocycles. The van der Waals surface area contributed by atoms with Crippen LogP contribution in [-0.4, -0.2) is 35.1 Å². The summed E-state index contributed by atoms with van der Waals surface area (Å²) >= 11 is 1.60. The molecule has 2 heterocycles. The van der Waals surface area contributed by atoms with E-state index in [9.17, 15) is 4.79 Å². The Morgan fingerprint density at radius 2 is 2.09 bits per heavy atom. The van der Waals surface area contributed by atoms with E-state index in [-0.39, 0.29) is 11.8 Å². The molecule has 1 aromatic heterocycles. The van der Waals surface area contributed by atoms with Gasteiger partial charge >= 0.3 is 0 Å². The Hall–Kier alpha value is -3.65. The molecule has 1 fully saturated rings. The first-order valence-corrected chi connectivity index (χ1v) is 11.2. The fraction of sp³-hybridized carbons (Fsp3) is 0.208. The number of benzene rings is 2. The highest BCUT2D eigenvalue weighted by molar-refractivity contribution is 7.22. The van der Waals surface area contributed by atoms with E-state index in [1.165, 1.54) is 0 Å². The first-order valence-electron chi connectivity index (χ1n) is 10.3. The van der Waals surface area contributed by atoms with E-state index in [2.05, 4.69) is 27.9 Å². The van der Waals surface area contributed by atoms with Gasteiger partial charge in [0.05, 0.1) is 15.9 Å². The predicted molar refractivity (Wildman–Crippen MR) is 130 cm³/mol. The molecule has 0 spiro atoms. The summed E-state index contributed by atoms with van der Waals surface area (Å²) < 4.78 is 7.14. The van der Waals surface area contributed by atoms with Crippen LogP contribution in [0.25, 0.3) is 10.2 Å². The lowest BCUT2D eigenvalue weighted by molar-refractivity contribution is -0.127. The first kappa shape index (κ1) is 21.6. The summed E-state index contributed by atoms with van der Waals surface area (Å²) in [5.41, 5.74) is 8.80. The van der Waals surface area contributed by atoms with Gasteiger partial charge in [-0.1, -0.05) is 36.1 Å². The Labute approximate surface area is 190 Å². The average molecular weight is 448 g/mol. The van der Waals surface area contributed by atoms with Crippen LogP contribution < -0.4 is 15.8 Å². The van der Waals surface area contributed by atoms with Gasteiger partial charge in [0.25, 0.3) is 0 Å². The molecule has 164 valence electrons. The molecule has 4 rings (SSSR count). The summed E-state index contributed by atoms with van der Waals surface area (Å²) in [6, 6.07) is 15.6. The monoisotopic (exact) mass is 447 g/mol. The SMILES string of the molecule is C=C/C=N\C(Oc1ccc(Nc2nc3ccccc3s2)cc1)=C(/N)[C@H]1CCN(C(C)=O)C1. The van der Waals surface area contributed by atoms with E-state index in [1.807, 2.05) is 42.5 Å². The van der Waals surface area contributed by atoms with Gasteiger partial charge in [0, 0.05) is 37.8 Å². The molecule has 2 aromatic carbocycles. The molecule has 7 nitrogen and oxygen atoms in total. The number of para-hydroxylation sites is 1. The van der Waals surface area contributed by atoms with Crippen molar-refractivity contribution in [2.75, 3.05) is 18.4 Å². The van der Waals surface area contributed by atoms with Gasteiger partial charge < -0.3 is 20.7 Å². The number of carbonyl (C=O) groups is 1. The van der Waals surface area contributed by atoms with Crippen molar-refractivity contribution in [3.63, 3.8) is 0 Å². The van der Waals surface area contributed by atoms with Crippen LogP contribution in [0.2, 0.25) is 0 Å². The first-order chi connectivity index (χ1) is 15.5. The third kappa shape index (κ3) is 4.97. The molecule has 3 N–H and O–H groups in total. The number of hydrogen-bond acceptors (Lipinski definition) is 7. The van der Waals surface area contributed by atoms with Crippen molar-refractivity contribution in [2.24, 2.45) is 16.6 Å². The summed E-state index contributed by atoms with van der Waals surface area (Å²) in [5, 5.41) is 4.16. The maximum atomic E-state index is 11.6. The number of rotatable bonds is 7. The molecule has 1 amide bonds. The van der Waals surface area contributed by atoms with Gasteiger partial charge in [0.1, 0.15) is 5.75 Å². The number of amides is 1.